The van der Waals surface area contributed by atoms with Gasteiger partial charge in [-0.25, -0.2) is 13.1 Å². The predicted molar refractivity (Wildman–Crippen MR) is 71.2 cm³/mol. The van der Waals surface area contributed by atoms with Crippen LogP contribution in [0.2, 0.25) is 0 Å². The molecule has 0 aliphatic carbocycles. The predicted octanol–water partition coefficient (Wildman–Crippen LogP) is 0.202. The van der Waals surface area contributed by atoms with Crippen molar-refractivity contribution in [2.24, 2.45) is 0 Å². The van der Waals surface area contributed by atoms with Gasteiger partial charge in [-0.15, -0.1) is 0 Å². The summed E-state index contributed by atoms with van der Waals surface area (Å²) in [4.78, 5) is 0. The standard InChI is InChI=1S/C10H18N4O2S/c1-2-14-17(15,16)6-5-13-8-3-4-9(11)10(12)7-8/h3-4,7,13-14H,2,5-6,11-12H2,1H3. The van der Waals surface area contributed by atoms with Gasteiger partial charge in [0, 0.05) is 18.8 Å². The van der Waals surface area contributed by atoms with Crippen molar-refractivity contribution >= 4 is 27.1 Å². The summed E-state index contributed by atoms with van der Waals surface area (Å²) >= 11 is 0. The van der Waals surface area contributed by atoms with Crippen LogP contribution in [0.5, 0.6) is 0 Å². The number of benzene rings is 1. The molecule has 96 valence electrons. The molecule has 0 saturated carbocycles. The Morgan fingerprint density at radius 2 is 1.94 bits per heavy atom. The minimum atomic E-state index is -3.19. The molecular formula is C10H18N4O2S. The van der Waals surface area contributed by atoms with Crippen molar-refractivity contribution < 1.29 is 8.42 Å². The SMILES string of the molecule is CCNS(=O)(=O)CCNc1ccc(N)c(N)c1. The zero-order chi connectivity index (χ0) is 12.9. The zero-order valence-corrected chi connectivity index (χ0v) is 10.5. The van der Waals surface area contributed by atoms with Crippen LogP contribution in [0.3, 0.4) is 0 Å². The van der Waals surface area contributed by atoms with Gasteiger partial charge in [-0.2, -0.15) is 0 Å². The van der Waals surface area contributed by atoms with E-state index < -0.39 is 10.0 Å². The smallest absolute Gasteiger partial charge is 0.213 e. The van der Waals surface area contributed by atoms with Crippen LogP contribution in [-0.2, 0) is 10.0 Å². The fourth-order valence-electron chi connectivity index (χ4n) is 1.31. The van der Waals surface area contributed by atoms with E-state index in [0.29, 0.717) is 24.5 Å². The number of nitrogen functional groups attached to an aromatic ring is 2. The Hall–Kier alpha value is -1.47. The highest BCUT2D eigenvalue weighted by molar-refractivity contribution is 7.89. The topological polar surface area (TPSA) is 110 Å². The molecule has 1 rings (SSSR count). The van der Waals surface area contributed by atoms with Crippen LogP contribution in [-0.4, -0.2) is 27.3 Å². The van der Waals surface area contributed by atoms with Gasteiger partial charge in [0.2, 0.25) is 10.0 Å². The Morgan fingerprint density at radius 1 is 1.24 bits per heavy atom. The second-order valence-electron chi connectivity index (χ2n) is 3.59. The summed E-state index contributed by atoms with van der Waals surface area (Å²) in [7, 11) is -3.19. The molecule has 0 radical (unpaired) electrons. The van der Waals surface area contributed by atoms with Crippen molar-refractivity contribution in [1.29, 1.82) is 0 Å². The van der Waals surface area contributed by atoms with Crippen LogP contribution in [0.1, 0.15) is 6.92 Å². The third kappa shape index (κ3) is 4.49. The monoisotopic (exact) mass is 258 g/mol. The van der Waals surface area contributed by atoms with Crippen molar-refractivity contribution in [3.63, 3.8) is 0 Å². The third-order valence-corrected chi connectivity index (χ3v) is 3.62. The molecule has 0 saturated heterocycles. The summed E-state index contributed by atoms with van der Waals surface area (Å²) < 4.78 is 25.1. The lowest BCUT2D eigenvalue weighted by Crippen LogP contribution is -2.29. The number of hydrogen-bond donors (Lipinski definition) is 4. The number of nitrogens with two attached hydrogens (primary N) is 2. The molecule has 0 aliphatic heterocycles. The van der Waals surface area contributed by atoms with E-state index in [1.54, 1.807) is 25.1 Å². The van der Waals surface area contributed by atoms with E-state index in [4.69, 9.17) is 11.5 Å². The van der Waals surface area contributed by atoms with E-state index in [1.165, 1.54) is 0 Å². The average Bonchev–Trinajstić information content (AvgIpc) is 2.23. The first-order chi connectivity index (χ1) is 7.94. The Bertz CT molecular complexity index is 473. The number of sulfonamides is 1. The summed E-state index contributed by atoms with van der Waals surface area (Å²) in [5, 5.41) is 2.97. The number of anilines is 3. The number of nitrogens with one attached hydrogen (secondary N) is 2. The number of rotatable bonds is 6. The largest absolute Gasteiger partial charge is 0.397 e. The van der Waals surface area contributed by atoms with Crippen LogP contribution in [0.25, 0.3) is 0 Å². The van der Waals surface area contributed by atoms with Gasteiger partial charge in [0.15, 0.2) is 0 Å². The molecule has 0 aromatic heterocycles. The van der Waals surface area contributed by atoms with Crippen LogP contribution < -0.4 is 21.5 Å². The van der Waals surface area contributed by atoms with Gasteiger partial charge in [-0.3, -0.25) is 0 Å². The quantitative estimate of drug-likeness (QED) is 0.545. The summed E-state index contributed by atoms with van der Waals surface area (Å²) in [6.45, 7) is 2.46. The maximum atomic E-state index is 11.3. The minimum Gasteiger partial charge on any atom is -0.397 e. The van der Waals surface area contributed by atoms with Gasteiger partial charge in [0.25, 0.3) is 0 Å². The molecule has 0 unspecified atom stereocenters. The molecule has 0 bridgehead atoms. The fourth-order valence-corrected chi connectivity index (χ4v) is 2.26. The number of hydrogen-bond acceptors (Lipinski definition) is 5. The van der Waals surface area contributed by atoms with Crippen LogP contribution in [0, 0.1) is 0 Å². The summed E-state index contributed by atoms with van der Waals surface area (Å²) in [6.07, 6.45) is 0. The van der Waals surface area contributed by atoms with E-state index >= 15 is 0 Å². The Morgan fingerprint density at radius 3 is 2.53 bits per heavy atom. The van der Waals surface area contributed by atoms with E-state index in [0.717, 1.165) is 5.69 Å². The maximum absolute atomic E-state index is 11.3. The lowest BCUT2D eigenvalue weighted by atomic mass is 10.2. The molecule has 0 aliphatic rings. The Kier molecular flexibility index (Phi) is 4.59. The van der Waals surface area contributed by atoms with Crippen LogP contribution in [0.15, 0.2) is 18.2 Å². The van der Waals surface area contributed by atoms with Gasteiger partial charge in [0.1, 0.15) is 0 Å². The molecule has 1 aromatic carbocycles. The fraction of sp³-hybridized carbons (Fsp3) is 0.400. The van der Waals surface area contributed by atoms with Gasteiger partial charge >= 0.3 is 0 Å². The molecule has 6 nitrogen and oxygen atoms in total. The van der Waals surface area contributed by atoms with Gasteiger partial charge < -0.3 is 16.8 Å². The highest BCUT2D eigenvalue weighted by Gasteiger charge is 2.07. The Balaban J connectivity index is 2.49. The van der Waals surface area contributed by atoms with Crippen molar-refractivity contribution in [1.82, 2.24) is 4.72 Å². The highest BCUT2D eigenvalue weighted by atomic mass is 32.2. The lowest BCUT2D eigenvalue weighted by Gasteiger charge is -2.09. The second kappa shape index (κ2) is 5.74. The van der Waals surface area contributed by atoms with Crippen molar-refractivity contribution in [2.45, 2.75) is 6.92 Å². The van der Waals surface area contributed by atoms with Crippen LogP contribution in [0.4, 0.5) is 17.1 Å². The molecular weight excluding hydrogens is 240 g/mol. The molecule has 6 N–H and O–H groups in total. The Labute approximate surface area is 101 Å². The summed E-state index contributed by atoms with van der Waals surface area (Å²) in [6, 6.07) is 5.11. The van der Waals surface area contributed by atoms with Crippen molar-refractivity contribution in [3.05, 3.63) is 18.2 Å². The lowest BCUT2D eigenvalue weighted by molar-refractivity contribution is 0.584. The van der Waals surface area contributed by atoms with E-state index in [1.807, 2.05) is 0 Å². The van der Waals surface area contributed by atoms with E-state index in [9.17, 15) is 8.42 Å². The van der Waals surface area contributed by atoms with E-state index in [2.05, 4.69) is 10.0 Å². The normalized spacial score (nSPS) is 11.4. The molecule has 17 heavy (non-hydrogen) atoms. The average molecular weight is 258 g/mol. The van der Waals surface area contributed by atoms with Crippen LogP contribution >= 0.6 is 0 Å². The zero-order valence-electron chi connectivity index (χ0n) is 9.73. The summed E-state index contributed by atoms with van der Waals surface area (Å²) in [5.74, 6) is 0.0190. The molecule has 0 atom stereocenters. The molecule has 0 spiro atoms. The molecule has 1 aromatic rings. The first-order valence-electron chi connectivity index (χ1n) is 5.31. The first kappa shape index (κ1) is 13.6. The molecule has 0 fully saturated rings. The van der Waals surface area contributed by atoms with Gasteiger partial charge in [-0.1, -0.05) is 6.92 Å². The van der Waals surface area contributed by atoms with Crippen molar-refractivity contribution in [2.75, 3.05) is 35.6 Å². The highest BCUT2D eigenvalue weighted by Crippen LogP contribution is 2.19. The molecule has 7 heteroatoms. The minimum absolute atomic E-state index is 0.0190. The summed E-state index contributed by atoms with van der Waals surface area (Å²) in [5.41, 5.74) is 12.9. The second-order valence-corrected chi connectivity index (χ2v) is 5.51. The first-order valence-corrected chi connectivity index (χ1v) is 6.96. The maximum Gasteiger partial charge on any atom is 0.213 e. The van der Waals surface area contributed by atoms with E-state index in [-0.39, 0.29) is 5.75 Å². The van der Waals surface area contributed by atoms with Gasteiger partial charge in [0.05, 0.1) is 17.1 Å². The molecule has 0 heterocycles. The van der Waals surface area contributed by atoms with Gasteiger partial charge in [-0.05, 0) is 18.2 Å². The van der Waals surface area contributed by atoms with Crippen molar-refractivity contribution in [3.8, 4) is 0 Å². The molecule has 0 amide bonds. The third-order valence-electron chi connectivity index (χ3n) is 2.15.